The molecule has 0 radical (unpaired) electrons. The van der Waals surface area contributed by atoms with Crippen molar-refractivity contribution < 1.29 is 19.4 Å². The molecular formula is C14H17BrN4O4. The monoisotopic (exact) mass is 384 g/mol. The average molecular weight is 385 g/mol. The molecule has 2 fully saturated rings. The number of aromatic nitrogens is 1. The van der Waals surface area contributed by atoms with Crippen molar-refractivity contribution in [2.24, 2.45) is 0 Å². The number of anilines is 2. The molecule has 8 nitrogen and oxygen atoms in total. The Morgan fingerprint density at radius 1 is 1.52 bits per heavy atom. The number of morpholine rings is 1. The van der Waals surface area contributed by atoms with Gasteiger partial charge in [0.2, 0.25) is 0 Å². The number of carbonyl (C=O) groups is 2. The summed E-state index contributed by atoms with van der Waals surface area (Å²) in [6, 6.07) is -0.157. The Morgan fingerprint density at radius 3 is 3.00 bits per heavy atom. The number of hydrogen-bond donors (Lipinski definition) is 2. The van der Waals surface area contributed by atoms with Gasteiger partial charge in [0.25, 0.3) is 0 Å². The molecule has 0 aromatic carbocycles. The maximum atomic E-state index is 11.4. The third-order valence-electron chi connectivity index (χ3n) is 4.34. The lowest BCUT2D eigenvalue weighted by molar-refractivity contribution is -0.0660. The smallest absolute Gasteiger partial charge is 0.407 e. The summed E-state index contributed by atoms with van der Waals surface area (Å²) >= 11 is 3.42. The second-order valence-corrected chi connectivity index (χ2v) is 6.41. The van der Waals surface area contributed by atoms with Crippen LogP contribution in [-0.4, -0.2) is 65.8 Å². The fraction of sp³-hybridized carbons (Fsp3) is 0.500. The number of rotatable bonds is 2. The van der Waals surface area contributed by atoms with E-state index in [2.05, 4.69) is 20.9 Å². The molecule has 23 heavy (non-hydrogen) atoms. The lowest BCUT2D eigenvalue weighted by atomic mass is 9.97. The minimum absolute atomic E-state index is 0.157. The Balaban J connectivity index is 1.87. The lowest BCUT2D eigenvalue weighted by Crippen LogP contribution is -2.60. The molecule has 0 aliphatic carbocycles. The fourth-order valence-electron chi connectivity index (χ4n) is 3.28. The summed E-state index contributed by atoms with van der Waals surface area (Å²) in [5.74, 6) is 0.178. The average Bonchev–Trinajstić information content (AvgIpc) is 2.55. The summed E-state index contributed by atoms with van der Waals surface area (Å²) in [6.07, 6.45) is 1.74. The van der Waals surface area contributed by atoms with Gasteiger partial charge in [0.1, 0.15) is 5.82 Å². The number of hydrogen-bond acceptors (Lipinski definition) is 6. The van der Waals surface area contributed by atoms with Crippen molar-refractivity contribution in [2.45, 2.75) is 18.6 Å². The summed E-state index contributed by atoms with van der Waals surface area (Å²) in [5.41, 5.74) is 6.81. The Morgan fingerprint density at radius 2 is 2.30 bits per heavy atom. The normalized spacial score (nSPS) is 24.2. The zero-order valence-corrected chi connectivity index (χ0v) is 13.9. The minimum Gasteiger partial charge on any atom is -0.465 e. The number of nitrogens with two attached hydrogens (primary N) is 1. The number of piperidine rings is 1. The topological polar surface area (TPSA) is 109 Å². The van der Waals surface area contributed by atoms with Crippen molar-refractivity contribution in [2.75, 3.05) is 36.9 Å². The highest BCUT2D eigenvalue weighted by Crippen LogP contribution is 2.35. The number of nitrogens with zero attached hydrogens (tertiary/aromatic N) is 3. The number of nitrogen functional groups attached to an aromatic ring is 1. The Kier molecular flexibility index (Phi) is 4.40. The zero-order chi connectivity index (χ0) is 16.6. The molecule has 0 saturated carbocycles. The first kappa shape index (κ1) is 16.0. The maximum Gasteiger partial charge on any atom is 0.407 e. The van der Waals surface area contributed by atoms with Gasteiger partial charge < -0.3 is 25.4 Å². The van der Waals surface area contributed by atoms with Crippen molar-refractivity contribution in [1.82, 2.24) is 9.88 Å². The van der Waals surface area contributed by atoms with Crippen molar-refractivity contribution in [3.8, 4) is 0 Å². The van der Waals surface area contributed by atoms with Gasteiger partial charge >= 0.3 is 6.09 Å². The summed E-state index contributed by atoms with van der Waals surface area (Å²) < 4.78 is 6.44. The van der Waals surface area contributed by atoms with Gasteiger partial charge in [-0.3, -0.25) is 4.79 Å². The van der Waals surface area contributed by atoms with E-state index in [0.717, 1.165) is 0 Å². The SMILES string of the molecule is Nc1ncc(Br)c(N2CCC3C(C2)OCCN3C(=O)O)c1C=O. The van der Waals surface area contributed by atoms with Crippen LogP contribution >= 0.6 is 15.9 Å². The molecule has 3 N–H and O–H groups in total. The highest BCUT2D eigenvalue weighted by Gasteiger charge is 2.40. The van der Waals surface area contributed by atoms with Crippen LogP contribution in [0, 0.1) is 0 Å². The quantitative estimate of drug-likeness (QED) is 0.737. The van der Waals surface area contributed by atoms with E-state index in [1.54, 1.807) is 6.20 Å². The number of carbonyl (C=O) groups excluding carboxylic acids is 1. The van der Waals surface area contributed by atoms with Crippen LogP contribution in [0.25, 0.3) is 0 Å². The zero-order valence-electron chi connectivity index (χ0n) is 12.3. The van der Waals surface area contributed by atoms with Crippen molar-refractivity contribution >= 4 is 39.8 Å². The molecule has 2 unspecified atom stereocenters. The second-order valence-electron chi connectivity index (χ2n) is 5.56. The molecule has 1 aromatic rings. The van der Waals surface area contributed by atoms with Gasteiger partial charge in [-0.25, -0.2) is 9.78 Å². The van der Waals surface area contributed by atoms with Gasteiger partial charge in [0.15, 0.2) is 6.29 Å². The second kappa shape index (κ2) is 6.32. The number of fused-ring (bicyclic) bond motifs is 1. The van der Waals surface area contributed by atoms with Crippen molar-refractivity contribution in [1.29, 1.82) is 0 Å². The van der Waals surface area contributed by atoms with E-state index in [-0.39, 0.29) is 18.0 Å². The highest BCUT2D eigenvalue weighted by atomic mass is 79.9. The maximum absolute atomic E-state index is 11.4. The molecule has 2 aliphatic heterocycles. The first-order valence-electron chi connectivity index (χ1n) is 7.28. The number of carboxylic acid groups (broad SMARTS) is 1. The molecule has 2 saturated heterocycles. The van der Waals surface area contributed by atoms with E-state index >= 15 is 0 Å². The van der Waals surface area contributed by atoms with Crippen LogP contribution in [0.3, 0.4) is 0 Å². The van der Waals surface area contributed by atoms with E-state index in [1.165, 1.54) is 4.90 Å². The molecule has 0 bridgehead atoms. The number of amides is 1. The van der Waals surface area contributed by atoms with E-state index < -0.39 is 6.09 Å². The third kappa shape index (κ3) is 2.86. The number of ether oxygens (including phenoxy) is 1. The van der Waals surface area contributed by atoms with E-state index in [0.29, 0.717) is 54.7 Å². The van der Waals surface area contributed by atoms with E-state index in [4.69, 9.17) is 10.5 Å². The number of pyridine rings is 1. The van der Waals surface area contributed by atoms with Gasteiger partial charge in [-0.2, -0.15) is 0 Å². The van der Waals surface area contributed by atoms with Crippen LogP contribution in [0.5, 0.6) is 0 Å². The number of halogens is 1. The van der Waals surface area contributed by atoms with Gasteiger partial charge in [-0.05, 0) is 22.4 Å². The van der Waals surface area contributed by atoms with E-state index in [1.807, 2.05) is 4.90 Å². The first-order chi connectivity index (χ1) is 11.0. The molecule has 9 heteroatoms. The number of aldehydes is 1. The fourth-order valence-corrected chi connectivity index (χ4v) is 3.84. The van der Waals surface area contributed by atoms with Crippen molar-refractivity contribution in [3.63, 3.8) is 0 Å². The predicted molar refractivity (Wildman–Crippen MR) is 86.8 cm³/mol. The van der Waals surface area contributed by atoms with Crippen LogP contribution in [0.1, 0.15) is 16.8 Å². The predicted octanol–water partition coefficient (Wildman–Crippen LogP) is 1.20. The molecule has 1 amide bonds. The molecule has 124 valence electrons. The molecular weight excluding hydrogens is 368 g/mol. The van der Waals surface area contributed by atoms with Gasteiger partial charge in [-0.1, -0.05) is 0 Å². The van der Waals surface area contributed by atoms with Crippen LogP contribution in [0.4, 0.5) is 16.3 Å². The highest BCUT2D eigenvalue weighted by molar-refractivity contribution is 9.10. The van der Waals surface area contributed by atoms with Gasteiger partial charge in [0, 0.05) is 25.8 Å². The summed E-state index contributed by atoms with van der Waals surface area (Å²) in [7, 11) is 0. The van der Waals surface area contributed by atoms with Crippen LogP contribution in [0.15, 0.2) is 10.7 Å². The van der Waals surface area contributed by atoms with Gasteiger partial charge in [-0.15, -0.1) is 0 Å². The molecule has 3 rings (SSSR count). The Labute approximate surface area is 141 Å². The minimum atomic E-state index is -0.917. The molecule has 3 heterocycles. The Hall–Kier alpha value is -1.87. The molecule has 0 spiro atoms. The molecule has 2 atom stereocenters. The lowest BCUT2D eigenvalue weighted by Gasteiger charge is -2.46. The molecule has 2 aliphatic rings. The summed E-state index contributed by atoms with van der Waals surface area (Å²) in [4.78, 5) is 30.1. The standard InChI is InChI=1S/C14H17BrN4O4/c15-9-5-17-13(16)8(7-20)12(9)18-2-1-10-11(6-18)23-4-3-19(10)14(21)22/h5,7,10-11H,1-4,6H2,(H2,16,17)(H,21,22). The first-order valence-corrected chi connectivity index (χ1v) is 8.07. The Bertz CT molecular complexity index is 641. The van der Waals surface area contributed by atoms with Crippen LogP contribution in [-0.2, 0) is 4.74 Å². The largest absolute Gasteiger partial charge is 0.465 e. The molecule has 1 aromatic heterocycles. The van der Waals surface area contributed by atoms with Crippen LogP contribution in [0.2, 0.25) is 0 Å². The van der Waals surface area contributed by atoms with Gasteiger partial charge in [0.05, 0.1) is 34.5 Å². The van der Waals surface area contributed by atoms with E-state index in [9.17, 15) is 14.7 Å². The van der Waals surface area contributed by atoms with Crippen molar-refractivity contribution in [3.05, 3.63) is 16.2 Å². The summed E-state index contributed by atoms with van der Waals surface area (Å²) in [5, 5.41) is 9.30. The summed E-state index contributed by atoms with van der Waals surface area (Å²) in [6.45, 7) is 1.87. The van der Waals surface area contributed by atoms with Crippen LogP contribution < -0.4 is 10.6 Å². The third-order valence-corrected chi connectivity index (χ3v) is 4.92.